The number of rotatable bonds is 3. The van der Waals surface area contributed by atoms with Gasteiger partial charge in [-0.15, -0.1) is 0 Å². The Morgan fingerprint density at radius 2 is 2.25 bits per heavy atom. The van der Waals surface area contributed by atoms with Gasteiger partial charge in [-0.25, -0.2) is 0 Å². The molecule has 6 nitrogen and oxygen atoms in total. The third kappa shape index (κ3) is 2.84. The summed E-state index contributed by atoms with van der Waals surface area (Å²) in [7, 11) is 3.25. The largest absolute Gasteiger partial charge is 0.495 e. The lowest BCUT2D eigenvalue weighted by molar-refractivity contribution is -0.132. The highest BCUT2D eigenvalue weighted by atomic mass is 16.5. The van der Waals surface area contributed by atoms with Gasteiger partial charge < -0.3 is 20.7 Å². The van der Waals surface area contributed by atoms with Gasteiger partial charge >= 0.3 is 0 Å². The van der Waals surface area contributed by atoms with Crippen molar-refractivity contribution in [3.05, 3.63) is 23.8 Å². The number of carbonyl (C=O) groups excluding carboxylic acids is 2. The Balaban J connectivity index is 2.07. The summed E-state index contributed by atoms with van der Waals surface area (Å²) in [6.07, 6.45) is 1.10. The lowest BCUT2D eigenvalue weighted by Gasteiger charge is -2.30. The minimum absolute atomic E-state index is 0.0456. The molecule has 1 unspecified atom stereocenters. The van der Waals surface area contributed by atoms with E-state index < -0.39 is 0 Å². The summed E-state index contributed by atoms with van der Waals surface area (Å²) in [5.74, 6) is 0.346. The van der Waals surface area contributed by atoms with Crippen LogP contribution in [-0.2, 0) is 4.79 Å². The van der Waals surface area contributed by atoms with E-state index in [1.54, 1.807) is 30.1 Å². The topological polar surface area (TPSA) is 84.7 Å². The summed E-state index contributed by atoms with van der Waals surface area (Å²) in [4.78, 5) is 25.3. The van der Waals surface area contributed by atoms with Crippen LogP contribution < -0.4 is 15.8 Å². The lowest BCUT2D eigenvalue weighted by atomic mass is 10.0. The maximum Gasteiger partial charge on any atom is 0.253 e. The van der Waals surface area contributed by atoms with Crippen molar-refractivity contribution in [3.8, 4) is 5.75 Å². The molecule has 0 aliphatic carbocycles. The Hall–Kier alpha value is -2.24. The van der Waals surface area contributed by atoms with Crippen molar-refractivity contribution < 1.29 is 14.3 Å². The van der Waals surface area contributed by atoms with Gasteiger partial charge in [0.25, 0.3) is 5.91 Å². The van der Waals surface area contributed by atoms with Crippen molar-refractivity contribution in [1.82, 2.24) is 10.2 Å². The van der Waals surface area contributed by atoms with Gasteiger partial charge in [-0.1, -0.05) is 6.07 Å². The number of nitrogens with one attached hydrogen (secondary N) is 1. The summed E-state index contributed by atoms with van der Waals surface area (Å²) in [5, 5.41) is 2.91. The number of methoxy groups -OCH3 is 1. The van der Waals surface area contributed by atoms with Crippen LogP contribution in [-0.4, -0.2) is 43.5 Å². The van der Waals surface area contributed by atoms with Crippen LogP contribution in [0.15, 0.2) is 18.2 Å². The highest BCUT2D eigenvalue weighted by molar-refractivity contribution is 6.00. The standard InChI is InChI=1S/C14H19N3O3/c1-17-8-9(6-7-12(17)18)16-14(19)10-4-3-5-11(20-2)13(10)15/h3-5,9H,6-8,15H2,1-2H3,(H,16,19). The number of hydrogen-bond acceptors (Lipinski definition) is 4. The summed E-state index contributed by atoms with van der Waals surface area (Å²) < 4.78 is 5.10. The van der Waals surface area contributed by atoms with E-state index in [9.17, 15) is 9.59 Å². The molecule has 2 amide bonds. The summed E-state index contributed by atoms with van der Waals surface area (Å²) in [6.45, 7) is 0.522. The molecule has 0 aromatic heterocycles. The van der Waals surface area contributed by atoms with E-state index in [1.165, 1.54) is 7.11 Å². The van der Waals surface area contributed by atoms with Crippen LogP contribution in [0.3, 0.4) is 0 Å². The molecule has 1 atom stereocenters. The number of nitrogen functional groups attached to an aromatic ring is 1. The second-order valence-corrected chi connectivity index (χ2v) is 4.90. The van der Waals surface area contributed by atoms with Crippen LogP contribution in [0.25, 0.3) is 0 Å². The molecule has 0 radical (unpaired) electrons. The fourth-order valence-corrected chi connectivity index (χ4v) is 2.31. The minimum Gasteiger partial charge on any atom is -0.495 e. The SMILES string of the molecule is COc1cccc(C(=O)NC2CCC(=O)N(C)C2)c1N. The average Bonchev–Trinajstić information content (AvgIpc) is 2.43. The fourth-order valence-electron chi connectivity index (χ4n) is 2.31. The minimum atomic E-state index is -0.242. The molecular weight excluding hydrogens is 258 g/mol. The van der Waals surface area contributed by atoms with Crippen LogP contribution >= 0.6 is 0 Å². The van der Waals surface area contributed by atoms with Gasteiger partial charge in [0.2, 0.25) is 5.91 Å². The van der Waals surface area contributed by atoms with Crippen LogP contribution in [0, 0.1) is 0 Å². The first kappa shape index (κ1) is 14.2. The molecule has 1 aliphatic heterocycles. The zero-order valence-electron chi connectivity index (χ0n) is 11.7. The van der Waals surface area contributed by atoms with Crippen molar-refractivity contribution in [2.24, 2.45) is 0 Å². The van der Waals surface area contributed by atoms with Crippen LogP contribution in [0.5, 0.6) is 5.75 Å². The third-order valence-corrected chi connectivity index (χ3v) is 3.49. The molecule has 1 aromatic carbocycles. The maximum absolute atomic E-state index is 12.2. The molecule has 2 rings (SSSR count). The zero-order valence-corrected chi connectivity index (χ0v) is 11.7. The number of hydrogen-bond donors (Lipinski definition) is 2. The van der Waals surface area contributed by atoms with E-state index in [4.69, 9.17) is 10.5 Å². The van der Waals surface area contributed by atoms with Crippen LogP contribution in [0.1, 0.15) is 23.2 Å². The maximum atomic E-state index is 12.2. The Bertz CT molecular complexity index is 530. The molecule has 0 spiro atoms. The van der Waals surface area contributed by atoms with Gasteiger partial charge in [0, 0.05) is 26.1 Å². The predicted octanol–water partition coefficient (Wildman–Crippen LogP) is 0.628. The molecule has 0 saturated carbocycles. The number of benzene rings is 1. The first-order valence-electron chi connectivity index (χ1n) is 6.50. The summed E-state index contributed by atoms with van der Waals surface area (Å²) >= 11 is 0. The molecule has 108 valence electrons. The highest BCUT2D eigenvalue weighted by Gasteiger charge is 2.25. The van der Waals surface area contributed by atoms with Gasteiger partial charge in [-0.2, -0.15) is 0 Å². The molecule has 1 aromatic rings. The molecule has 3 N–H and O–H groups in total. The zero-order chi connectivity index (χ0) is 14.7. The number of amides is 2. The Kier molecular flexibility index (Phi) is 4.12. The first-order chi connectivity index (χ1) is 9.52. The van der Waals surface area contributed by atoms with Gasteiger partial charge in [0.05, 0.1) is 18.4 Å². The average molecular weight is 277 g/mol. The molecule has 1 aliphatic rings. The number of piperidine rings is 1. The molecular formula is C14H19N3O3. The smallest absolute Gasteiger partial charge is 0.253 e. The van der Waals surface area contributed by atoms with Gasteiger partial charge in [-0.05, 0) is 18.6 Å². The second-order valence-electron chi connectivity index (χ2n) is 4.90. The Morgan fingerprint density at radius 3 is 2.90 bits per heavy atom. The van der Waals surface area contributed by atoms with Gasteiger partial charge in [0.1, 0.15) is 5.75 Å². The quantitative estimate of drug-likeness (QED) is 0.794. The van der Waals surface area contributed by atoms with Crippen molar-refractivity contribution in [3.63, 3.8) is 0 Å². The van der Waals surface area contributed by atoms with Crippen molar-refractivity contribution >= 4 is 17.5 Å². The monoisotopic (exact) mass is 277 g/mol. The number of carbonyl (C=O) groups is 2. The Labute approximate surface area is 117 Å². The van der Waals surface area contributed by atoms with Crippen molar-refractivity contribution in [1.29, 1.82) is 0 Å². The van der Waals surface area contributed by atoms with E-state index in [0.29, 0.717) is 36.4 Å². The summed E-state index contributed by atoms with van der Waals surface area (Å²) in [6, 6.07) is 5.04. The third-order valence-electron chi connectivity index (χ3n) is 3.49. The van der Waals surface area contributed by atoms with Gasteiger partial charge in [0.15, 0.2) is 0 Å². The highest BCUT2D eigenvalue weighted by Crippen LogP contribution is 2.24. The predicted molar refractivity (Wildman–Crippen MR) is 75.5 cm³/mol. The molecule has 20 heavy (non-hydrogen) atoms. The number of anilines is 1. The number of nitrogens with two attached hydrogens (primary N) is 1. The van der Waals surface area contributed by atoms with Crippen LogP contribution in [0.4, 0.5) is 5.69 Å². The summed E-state index contributed by atoms with van der Waals surface area (Å²) in [5.41, 5.74) is 6.62. The van der Waals surface area contributed by atoms with E-state index >= 15 is 0 Å². The number of likely N-dealkylation sites (tertiary alicyclic amines) is 1. The van der Waals surface area contributed by atoms with E-state index in [2.05, 4.69) is 5.32 Å². The van der Waals surface area contributed by atoms with Gasteiger partial charge in [-0.3, -0.25) is 9.59 Å². The van der Waals surface area contributed by atoms with E-state index in [0.717, 1.165) is 0 Å². The van der Waals surface area contributed by atoms with Crippen molar-refractivity contribution in [2.45, 2.75) is 18.9 Å². The number of nitrogens with zero attached hydrogens (tertiary/aromatic N) is 1. The Morgan fingerprint density at radius 1 is 1.50 bits per heavy atom. The molecule has 1 heterocycles. The van der Waals surface area contributed by atoms with Crippen molar-refractivity contribution in [2.75, 3.05) is 26.4 Å². The number of para-hydroxylation sites is 1. The van der Waals surface area contributed by atoms with E-state index in [-0.39, 0.29) is 17.9 Å². The number of ether oxygens (including phenoxy) is 1. The molecule has 0 bridgehead atoms. The second kappa shape index (κ2) is 5.81. The van der Waals surface area contributed by atoms with E-state index in [1.807, 2.05) is 0 Å². The van der Waals surface area contributed by atoms with Crippen LogP contribution in [0.2, 0.25) is 0 Å². The fraction of sp³-hybridized carbons (Fsp3) is 0.429. The molecule has 6 heteroatoms. The first-order valence-corrected chi connectivity index (χ1v) is 6.50. The molecule has 1 saturated heterocycles. The molecule has 1 fully saturated rings. The normalized spacial score (nSPS) is 18.8. The lowest BCUT2D eigenvalue weighted by Crippen LogP contribution is -2.48. The number of likely N-dealkylation sites (N-methyl/N-ethyl adjacent to an activating group) is 1.